The van der Waals surface area contributed by atoms with Crippen LogP contribution in [0.3, 0.4) is 0 Å². The average molecular weight is 366 g/mol. The van der Waals surface area contributed by atoms with Crippen LogP contribution in [0.4, 0.5) is 11.4 Å². The van der Waals surface area contributed by atoms with Gasteiger partial charge in [0.05, 0.1) is 11.4 Å². The molecule has 0 atom stereocenters. The second kappa shape index (κ2) is 6.80. The second-order valence-electron chi connectivity index (χ2n) is 6.34. The molecule has 0 unspecified atom stereocenters. The first-order valence-corrected chi connectivity index (χ1v) is 8.58. The number of aryl methyl sites for hydroxylation is 2. The van der Waals surface area contributed by atoms with Crippen LogP contribution in [0.2, 0.25) is 0 Å². The van der Waals surface area contributed by atoms with E-state index >= 15 is 0 Å². The van der Waals surface area contributed by atoms with E-state index in [2.05, 4.69) is 0 Å². The number of amides is 2. The summed E-state index contributed by atoms with van der Waals surface area (Å²) in [5.41, 5.74) is 3.11. The molecular formula is C20H18N2O3S. The van der Waals surface area contributed by atoms with E-state index in [1.54, 1.807) is 24.3 Å². The van der Waals surface area contributed by atoms with E-state index in [4.69, 9.17) is 12.2 Å². The minimum Gasteiger partial charge on any atom is -0.299 e. The van der Waals surface area contributed by atoms with Crippen molar-refractivity contribution in [2.45, 2.75) is 20.8 Å². The van der Waals surface area contributed by atoms with Gasteiger partial charge < -0.3 is 0 Å². The largest absolute Gasteiger partial charge is 0.299 e. The number of carbonyl (C=O) groups excluding carboxylic acids is 3. The van der Waals surface area contributed by atoms with Gasteiger partial charge in [-0.3, -0.25) is 24.2 Å². The summed E-state index contributed by atoms with van der Waals surface area (Å²) < 4.78 is 0. The zero-order valence-corrected chi connectivity index (χ0v) is 15.5. The normalized spacial score (nSPS) is 15.6. The maximum atomic E-state index is 12.9. The minimum absolute atomic E-state index is 0.0465. The van der Waals surface area contributed by atoms with Gasteiger partial charge in [-0.25, -0.2) is 0 Å². The van der Waals surface area contributed by atoms with Crippen molar-refractivity contribution < 1.29 is 14.4 Å². The van der Waals surface area contributed by atoms with Gasteiger partial charge in [0.2, 0.25) is 0 Å². The number of Topliss-reactive ketones (excluding diaryl/α,β-unsaturated/α-hetero) is 1. The van der Waals surface area contributed by atoms with Crippen molar-refractivity contribution in [1.82, 2.24) is 0 Å². The van der Waals surface area contributed by atoms with E-state index in [1.807, 2.05) is 38.1 Å². The molecule has 1 aliphatic rings. The molecule has 0 spiro atoms. The van der Waals surface area contributed by atoms with Crippen LogP contribution in [0.5, 0.6) is 0 Å². The summed E-state index contributed by atoms with van der Waals surface area (Å²) in [5.74, 6) is -3.12. The van der Waals surface area contributed by atoms with Crippen LogP contribution in [0.1, 0.15) is 18.1 Å². The number of rotatable bonds is 3. The topological polar surface area (TPSA) is 57.7 Å². The number of anilines is 2. The highest BCUT2D eigenvalue weighted by Crippen LogP contribution is 2.29. The fourth-order valence-electron chi connectivity index (χ4n) is 2.86. The molecule has 0 aromatic heterocycles. The SMILES string of the molecule is CC(=O)C1C(=O)N(c2ccc(C)cc2)C(=S)N(c2ccc(C)cc2)C1=O. The van der Waals surface area contributed by atoms with Gasteiger partial charge >= 0.3 is 0 Å². The summed E-state index contributed by atoms with van der Waals surface area (Å²) in [4.78, 5) is 40.3. The molecule has 0 radical (unpaired) electrons. The zero-order valence-electron chi connectivity index (χ0n) is 14.7. The van der Waals surface area contributed by atoms with E-state index in [9.17, 15) is 14.4 Å². The van der Waals surface area contributed by atoms with Crippen molar-refractivity contribution in [2.24, 2.45) is 5.92 Å². The van der Waals surface area contributed by atoms with Gasteiger partial charge in [-0.2, -0.15) is 0 Å². The van der Waals surface area contributed by atoms with Crippen LogP contribution in [0, 0.1) is 19.8 Å². The van der Waals surface area contributed by atoms with Crippen LogP contribution >= 0.6 is 12.2 Å². The van der Waals surface area contributed by atoms with Crippen molar-refractivity contribution in [3.63, 3.8) is 0 Å². The molecule has 2 amide bonds. The molecule has 6 heteroatoms. The van der Waals surface area contributed by atoms with Gasteiger partial charge in [-0.05, 0) is 57.3 Å². The van der Waals surface area contributed by atoms with Gasteiger partial charge in [-0.15, -0.1) is 0 Å². The zero-order chi connectivity index (χ0) is 19.0. The molecule has 1 fully saturated rings. The number of ketones is 1. The molecule has 26 heavy (non-hydrogen) atoms. The molecule has 1 aliphatic heterocycles. The van der Waals surface area contributed by atoms with Crippen LogP contribution in [0.25, 0.3) is 0 Å². The van der Waals surface area contributed by atoms with Crippen LogP contribution in [-0.2, 0) is 14.4 Å². The Morgan fingerprint density at radius 1 is 0.808 bits per heavy atom. The van der Waals surface area contributed by atoms with E-state index in [-0.39, 0.29) is 5.11 Å². The third-order valence-corrected chi connectivity index (χ3v) is 4.67. The van der Waals surface area contributed by atoms with Gasteiger partial charge in [-0.1, -0.05) is 35.4 Å². The Hall–Kier alpha value is -2.86. The summed E-state index contributed by atoms with van der Waals surface area (Å²) in [5, 5.41) is 0.0465. The first-order chi connectivity index (χ1) is 12.3. The Morgan fingerprint density at radius 3 is 1.46 bits per heavy atom. The molecule has 1 saturated heterocycles. The van der Waals surface area contributed by atoms with Crippen molar-refractivity contribution in [1.29, 1.82) is 0 Å². The maximum Gasteiger partial charge on any atom is 0.253 e. The van der Waals surface area contributed by atoms with Gasteiger partial charge in [0.15, 0.2) is 16.8 Å². The molecule has 0 aliphatic carbocycles. The number of benzene rings is 2. The first-order valence-electron chi connectivity index (χ1n) is 8.17. The van der Waals surface area contributed by atoms with Gasteiger partial charge in [0.1, 0.15) is 0 Å². The average Bonchev–Trinajstić information content (AvgIpc) is 2.58. The Bertz CT molecular complexity index is 836. The number of thiocarbonyl (C=S) groups is 1. The molecule has 132 valence electrons. The van der Waals surface area contributed by atoms with E-state index in [0.29, 0.717) is 11.4 Å². The van der Waals surface area contributed by atoms with E-state index < -0.39 is 23.5 Å². The van der Waals surface area contributed by atoms with Crippen molar-refractivity contribution in [2.75, 3.05) is 9.80 Å². The summed E-state index contributed by atoms with van der Waals surface area (Å²) in [6.07, 6.45) is 0. The summed E-state index contributed by atoms with van der Waals surface area (Å²) in [6, 6.07) is 14.4. The lowest BCUT2D eigenvalue weighted by Gasteiger charge is -2.38. The molecule has 5 nitrogen and oxygen atoms in total. The fourth-order valence-corrected chi connectivity index (χ4v) is 3.25. The highest BCUT2D eigenvalue weighted by Gasteiger charge is 2.47. The number of hydrogen-bond donors (Lipinski definition) is 0. The van der Waals surface area contributed by atoms with Gasteiger partial charge in [0.25, 0.3) is 11.8 Å². The highest BCUT2D eigenvalue weighted by molar-refractivity contribution is 7.81. The van der Waals surface area contributed by atoms with E-state index in [0.717, 1.165) is 11.1 Å². The Balaban J connectivity index is 2.12. The second-order valence-corrected chi connectivity index (χ2v) is 6.71. The van der Waals surface area contributed by atoms with Crippen molar-refractivity contribution in [3.05, 3.63) is 59.7 Å². The lowest BCUT2D eigenvalue weighted by Crippen LogP contribution is -2.61. The summed E-state index contributed by atoms with van der Waals surface area (Å²) in [7, 11) is 0. The van der Waals surface area contributed by atoms with Crippen LogP contribution in [-0.4, -0.2) is 22.7 Å². The molecular weight excluding hydrogens is 348 g/mol. The number of hydrogen-bond acceptors (Lipinski definition) is 4. The molecule has 1 heterocycles. The van der Waals surface area contributed by atoms with E-state index in [1.165, 1.54) is 16.7 Å². The van der Waals surface area contributed by atoms with Crippen molar-refractivity contribution in [3.8, 4) is 0 Å². The molecule has 0 saturated carbocycles. The third kappa shape index (κ3) is 3.04. The quantitative estimate of drug-likeness (QED) is 0.618. The van der Waals surface area contributed by atoms with Gasteiger partial charge in [0, 0.05) is 0 Å². The first kappa shape index (κ1) is 17.9. The third-order valence-electron chi connectivity index (χ3n) is 4.31. The lowest BCUT2D eigenvalue weighted by atomic mass is 9.98. The smallest absolute Gasteiger partial charge is 0.253 e. The molecule has 0 N–H and O–H groups in total. The Morgan fingerprint density at radius 2 is 1.15 bits per heavy atom. The molecule has 2 aromatic rings. The predicted octanol–water partition coefficient (Wildman–Crippen LogP) is 3.17. The minimum atomic E-state index is -1.40. The predicted molar refractivity (Wildman–Crippen MR) is 104 cm³/mol. The maximum absolute atomic E-state index is 12.9. The van der Waals surface area contributed by atoms with Crippen molar-refractivity contribution >= 4 is 46.3 Å². The van der Waals surface area contributed by atoms with Crippen LogP contribution < -0.4 is 9.80 Å². The number of carbonyl (C=O) groups is 3. The molecule has 2 aromatic carbocycles. The lowest BCUT2D eigenvalue weighted by molar-refractivity contribution is -0.138. The fraction of sp³-hybridized carbons (Fsp3) is 0.200. The Kier molecular flexibility index (Phi) is 4.70. The molecule has 3 rings (SSSR count). The monoisotopic (exact) mass is 366 g/mol. The summed E-state index contributed by atoms with van der Waals surface area (Å²) in [6.45, 7) is 5.11. The summed E-state index contributed by atoms with van der Waals surface area (Å²) >= 11 is 5.47. The standard InChI is InChI=1S/C20H18N2O3S/c1-12-4-8-15(9-5-12)21-18(24)17(14(3)23)19(25)22(20(21)26)16-10-6-13(2)7-11-16/h4-11,17H,1-3H3. The van der Waals surface area contributed by atoms with Crippen LogP contribution in [0.15, 0.2) is 48.5 Å². The highest BCUT2D eigenvalue weighted by atomic mass is 32.1. The Labute approximate surface area is 157 Å². The number of nitrogens with zero attached hydrogens (tertiary/aromatic N) is 2. The molecule has 0 bridgehead atoms.